The third-order valence-corrected chi connectivity index (χ3v) is 2.21. The van der Waals surface area contributed by atoms with E-state index in [1.54, 1.807) is 0 Å². The predicted molar refractivity (Wildman–Crippen MR) is 38.5 cm³/mol. The van der Waals surface area contributed by atoms with Gasteiger partial charge in [-0.1, -0.05) is 0 Å². The summed E-state index contributed by atoms with van der Waals surface area (Å²) >= 11 is -1.84. The molecule has 1 fully saturated rings. The summed E-state index contributed by atoms with van der Waals surface area (Å²) in [6, 6.07) is 0. The zero-order chi connectivity index (χ0) is 6.91. The Morgan fingerprint density at radius 3 is 2.11 bits per heavy atom. The van der Waals surface area contributed by atoms with Gasteiger partial charge in [-0.15, -0.1) is 0 Å². The maximum absolute atomic E-state index is 5.24. The van der Waals surface area contributed by atoms with Crippen LogP contribution in [0.25, 0.3) is 0 Å². The molecule has 0 atom stereocenters. The Morgan fingerprint density at radius 1 is 1.22 bits per heavy atom. The third kappa shape index (κ3) is 3.95. The van der Waals surface area contributed by atoms with Crippen molar-refractivity contribution in [1.29, 1.82) is 0 Å². The fourth-order valence-corrected chi connectivity index (χ4v) is 1.27. The van der Waals surface area contributed by atoms with Gasteiger partial charge in [-0.05, 0) is 0 Å². The molecular weight excluding hydrogens is 177 g/mol. The van der Waals surface area contributed by atoms with E-state index in [1.165, 1.54) is 12.8 Å². The minimum atomic E-state index is -1.84. The van der Waals surface area contributed by atoms with Crippen LogP contribution >= 0.6 is 0 Å². The van der Waals surface area contributed by atoms with E-state index >= 15 is 0 Å². The molecule has 9 heavy (non-hydrogen) atoms. The van der Waals surface area contributed by atoms with E-state index < -0.39 is 13.6 Å². The van der Waals surface area contributed by atoms with E-state index in [0.29, 0.717) is 6.10 Å². The Morgan fingerprint density at radius 2 is 1.78 bits per heavy atom. The van der Waals surface area contributed by atoms with E-state index in [9.17, 15) is 0 Å². The molecule has 1 aliphatic carbocycles. The molecule has 1 aliphatic rings. The van der Waals surface area contributed by atoms with Crippen LogP contribution in [0.4, 0.5) is 0 Å². The summed E-state index contributed by atoms with van der Waals surface area (Å²) in [5.74, 6) is 6.51. The second kappa shape index (κ2) is 2.60. The molecule has 0 amide bonds. The molecule has 0 aromatic rings. The summed E-state index contributed by atoms with van der Waals surface area (Å²) < 4.78 is 5.24. The minimum absolute atomic E-state index is 0.440. The van der Waals surface area contributed by atoms with Crippen LogP contribution in [0.3, 0.4) is 0 Å². The molecule has 0 aromatic heterocycles. The molecule has 0 radical (unpaired) electrons. The summed E-state index contributed by atoms with van der Waals surface area (Å²) in [6.45, 7) is 0. The van der Waals surface area contributed by atoms with E-state index in [2.05, 4.69) is 17.3 Å². The van der Waals surface area contributed by atoms with Gasteiger partial charge in [0.15, 0.2) is 0 Å². The fourth-order valence-electron chi connectivity index (χ4n) is 0.377. The van der Waals surface area contributed by atoms with Crippen LogP contribution in [0.2, 0.25) is 17.3 Å². The Balaban J connectivity index is 2.03. The van der Waals surface area contributed by atoms with Crippen molar-refractivity contribution in [3.05, 3.63) is 0 Å². The zero-order valence-electron chi connectivity index (χ0n) is 6.31. The molecule has 54 valence electrons. The quantitative estimate of drug-likeness (QED) is 0.385. The third-order valence-electron chi connectivity index (χ3n) is 0.959. The van der Waals surface area contributed by atoms with Crippen LogP contribution in [-0.4, -0.2) is 19.7 Å². The van der Waals surface area contributed by atoms with Gasteiger partial charge in [0, 0.05) is 0 Å². The van der Waals surface area contributed by atoms with E-state index in [1.807, 2.05) is 0 Å². The number of hydrogen-bond donors (Lipinski definition) is 0. The standard InChI is InChI=1S/C6H14GeO2/c1-7(2,3)9-8-6-4-5-6/h6H,4-5H2,1-3H3. The van der Waals surface area contributed by atoms with Crippen molar-refractivity contribution in [2.75, 3.05) is 0 Å². The molecule has 0 saturated heterocycles. The van der Waals surface area contributed by atoms with Gasteiger partial charge >= 0.3 is 58.6 Å². The van der Waals surface area contributed by atoms with Crippen molar-refractivity contribution in [2.45, 2.75) is 36.2 Å². The summed E-state index contributed by atoms with van der Waals surface area (Å²) in [4.78, 5) is 5.10. The molecule has 3 heteroatoms. The van der Waals surface area contributed by atoms with Crippen molar-refractivity contribution in [1.82, 2.24) is 0 Å². The first-order chi connectivity index (χ1) is 4.08. The Bertz CT molecular complexity index is 93.7. The van der Waals surface area contributed by atoms with Gasteiger partial charge in [-0.25, -0.2) is 0 Å². The second-order valence-electron chi connectivity index (χ2n) is 3.49. The summed E-state index contributed by atoms with van der Waals surface area (Å²) in [6.07, 6.45) is 2.83. The average molecular weight is 191 g/mol. The summed E-state index contributed by atoms with van der Waals surface area (Å²) in [5, 5.41) is 0. The molecule has 0 unspecified atom stereocenters. The number of rotatable bonds is 3. The maximum atomic E-state index is 5.24. The second-order valence-corrected chi connectivity index (χ2v) is 12.7. The summed E-state index contributed by atoms with van der Waals surface area (Å²) in [7, 11) is 0. The van der Waals surface area contributed by atoms with E-state index in [0.717, 1.165) is 0 Å². The molecule has 1 rings (SSSR count). The summed E-state index contributed by atoms with van der Waals surface area (Å²) in [5.41, 5.74) is 0. The number of hydrogen-bond acceptors (Lipinski definition) is 2. The molecular formula is C6H14GeO2. The van der Waals surface area contributed by atoms with Crippen molar-refractivity contribution in [3.63, 3.8) is 0 Å². The first kappa shape index (κ1) is 7.57. The monoisotopic (exact) mass is 192 g/mol. The van der Waals surface area contributed by atoms with Crippen LogP contribution in [-0.2, 0) is 8.80 Å². The van der Waals surface area contributed by atoms with Gasteiger partial charge < -0.3 is 0 Å². The van der Waals surface area contributed by atoms with Gasteiger partial charge in [0.1, 0.15) is 0 Å². The van der Waals surface area contributed by atoms with Crippen molar-refractivity contribution < 1.29 is 8.80 Å². The van der Waals surface area contributed by atoms with E-state index in [-0.39, 0.29) is 0 Å². The topological polar surface area (TPSA) is 18.5 Å². The van der Waals surface area contributed by atoms with Crippen molar-refractivity contribution >= 4 is 13.6 Å². The Hall–Kier alpha value is 0.463. The SMILES string of the molecule is [CH3][Ge]([CH3])([CH3])[O]OC1CC1. The van der Waals surface area contributed by atoms with Crippen LogP contribution in [0.1, 0.15) is 12.8 Å². The molecule has 0 N–H and O–H groups in total. The molecule has 0 spiro atoms. The Kier molecular flexibility index (Phi) is 2.19. The van der Waals surface area contributed by atoms with Gasteiger partial charge in [-0.2, -0.15) is 0 Å². The average Bonchev–Trinajstić information content (AvgIpc) is 2.38. The van der Waals surface area contributed by atoms with Crippen LogP contribution in [0, 0.1) is 0 Å². The normalized spacial score (nSPS) is 20.3. The molecule has 0 aromatic carbocycles. The molecule has 2 nitrogen and oxygen atoms in total. The molecule has 0 aliphatic heterocycles. The first-order valence-corrected chi connectivity index (χ1v) is 10.6. The first-order valence-electron chi connectivity index (χ1n) is 3.42. The van der Waals surface area contributed by atoms with Crippen LogP contribution < -0.4 is 0 Å². The molecule has 0 bridgehead atoms. The van der Waals surface area contributed by atoms with Gasteiger partial charge in [0.05, 0.1) is 0 Å². The zero-order valence-corrected chi connectivity index (χ0v) is 8.41. The fraction of sp³-hybridized carbons (Fsp3) is 1.00. The van der Waals surface area contributed by atoms with Gasteiger partial charge in [0.25, 0.3) is 0 Å². The van der Waals surface area contributed by atoms with E-state index in [4.69, 9.17) is 8.80 Å². The van der Waals surface area contributed by atoms with Crippen LogP contribution in [0.5, 0.6) is 0 Å². The molecule has 1 saturated carbocycles. The predicted octanol–water partition coefficient (Wildman–Crippen LogP) is 1.93. The van der Waals surface area contributed by atoms with Crippen molar-refractivity contribution in [2.24, 2.45) is 0 Å². The molecule has 0 heterocycles. The van der Waals surface area contributed by atoms with Gasteiger partial charge in [-0.3, -0.25) is 0 Å². The van der Waals surface area contributed by atoms with Gasteiger partial charge in [0.2, 0.25) is 0 Å². The Labute approximate surface area is 59.2 Å². The van der Waals surface area contributed by atoms with Crippen molar-refractivity contribution in [3.8, 4) is 0 Å². The van der Waals surface area contributed by atoms with Crippen LogP contribution in [0.15, 0.2) is 0 Å².